The fourth-order valence-corrected chi connectivity index (χ4v) is 5.11. The lowest BCUT2D eigenvalue weighted by molar-refractivity contribution is -0.116. The largest absolute Gasteiger partial charge is 0.326 e. The van der Waals surface area contributed by atoms with Gasteiger partial charge in [0.2, 0.25) is 5.91 Å². The molecular formula is C24H23N5O2S. The van der Waals surface area contributed by atoms with Gasteiger partial charge in [-0.25, -0.2) is 9.67 Å². The first-order valence-electron chi connectivity index (χ1n) is 10.5. The number of carbonyl (C=O) groups excluding carboxylic acids is 1. The molecule has 4 aromatic rings. The monoisotopic (exact) mass is 445 g/mol. The van der Waals surface area contributed by atoms with Crippen LogP contribution in [-0.4, -0.2) is 31.0 Å². The van der Waals surface area contributed by atoms with Gasteiger partial charge in [0, 0.05) is 17.9 Å². The number of anilines is 1. The zero-order valence-corrected chi connectivity index (χ0v) is 18.9. The maximum absolute atomic E-state index is 13.3. The van der Waals surface area contributed by atoms with Crippen molar-refractivity contribution in [3.05, 3.63) is 75.7 Å². The van der Waals surface area contributed by atoms with Gasteiger partial charge in [0.25, 0.3) is 5.56 Å². The van der Waals surface area contributed by atoms with Crippen molar-refractivity contribution in [2.75, 3.05) is 11.1 Å². The number of rotatable bonds is 4. The van der Waals surface area contributed by atoms with Gasteiger partial charge in [-0.05, 0) is 61.7 Å². The number of nitrogens with one attached hydrogen (secondary N) is 1. The van der Waals surface area contributed by atoms with Gasteiger partial charge in [-0.15, -0.1) is 0 Å². The first kappa shape index (κ1) is 20.5. The molecule has 0 radical (unpaired) electrons. The van der Waals surface area contributed by atoms with Crippen molar-refractivity contribution in [3.63, 3.8) is 0 Å². The number of aryl methyl sites for hydroxylation is 3. The summed E-state index contributed by atoms with van der Waals surface area (Å²) < 4.78 is 3.35. The number of benzene rings is 2. The quantitative estimate of drug-likeness (QED) is 0.477. The molecule has 1 atom stereocenters. The van der Waals surface area contributed by atoms with Crippen LogP contribution in [0, 0.1) is 20.8 Å². The number of amides is 1. The highest BCUT2D eigenvalue weighted by Gasteiger charge is 2.29. The van der Waals surface area contributed by atoms with Gasteiger partial charge in [-0.3, -0.25) is 14.2 Å². The van der Waals surface area contributed by atoms with E-state index >= 15 is 0 Å². The average Bonchev–Trinajstić information content (AvgIpc) is 3.36. The molecule has 1 aliphatic heterocycles. The Morgan fingerprint density at radius 1 is 1.16 bits per heavy atom. The van der Waals surface area contributed by atoms with E-state index in [0.29, 0.717) is 21.9 Å². The Labute approximate surface area is 189 Å². The molecule has 0 saturated heterocycles. The van der Waals surface area contributed by atoms with E-state index in [1.165, 1.54) is 17.3 Å². The Balaban J connectivity index is 1.44. The Hall–Kier alpha value is -3.39. The van der Waals surface area contributed by atoms with Crippen molar-refractivity contribution >= 4 is 34.4 Å². The lowest BCUT2D eigenvalue weighted by Crippen LogP contribution is -2.27. The third kappa shape index (κ3) is 3.60. The van der Waals surface area contributed by atoms with E-state index in [1.807, 2.05) is 63.2 Å². The van der Waals surface area contributed by atoms with Gasteiger partial charge in [0.05, 0.1) is 17.9 Å². The summed E-state index contributed by atoms with van der Waals surface area (Å²) >= 11 is 1.50. The summed E-state index contributed by atoms with van der Waals surface area (Å²) in [6.07, 6.45) is 1.78. The molecule has 5 rings (SSSR count). The SMILES string of the molecule is Cc1cccc(-n2ncc3c(=O)n4c(nc32)SCC4CC(=O)Nc2ccc(C)c(C)c2)c1. The van der Waals surface area contributed by atoms with Crippen molar-refractivity contribution in [3.8, 4) is 5.69 Å². The van der Waals surface area contributed by atoms with Crippen LogP contribution in [0.25, 0.3) is 16.7 Å². The number of carbonyl (C=O) groups is 1. The molecule has 1 unspecified atom stereocenters. The number of nitrogens with zero attached hydrogens (tertiary/aromatic N) is 4. The van der Waals surface area contributed by atoms with Crippen molar-refractivity contribution < 1.29 is 4.79 Å². The molecule has 2 aromatic carbocycles. The normalized spacial score (nSPS) is 15.2. The van der Waals surface area contributed by atoms with Crippen LogP contribution in [0.2, 0.25) is 0 Å². The third-order valence-corrected chi connectivity index (χ3v) is 6.93. The average molecular weight is 446 g/mol. The molecule has 2 aromatic heterocycles. The Kier molecular flexibility index (Phi) is 5.09. The molecule has 1 amide bonds. The van der Waals surface area contributed by atoms with E-state index in [2.05, 4.69) is 10.4 Å². The van der Waals surface area contributed by atoms with Gasteiger partial charge in [-0.1, -0.05) is 30.0 Å². The maximum Gasteiger partial charge on any atom is 0.265 e. The van der Waals surface area contributed by atoms with Crippen LogP contribution in [0.3, 0.4) is 0 Å². The minimum absolute atomic E-state index is 0.117. The molecule has 0 saturated carbocycles. The fraction of sp³-hybridized carbons (Fsp3) is 0.250. The molecule has 1 N–H and O–H groups in total. The first-order chi connectivity index (χ1) is 15.4. The van der Waals surface area contributed by atoms with Crippen LogP contribution >= 0.6 is 11.8 Å². The summed E-state index contributed by atoms with van der Waals surface area (Å²) in [5.41, 5.74) is 5.43. The second-order valence-electron chi connectivity index (χ2n) is 8.22. The van der Waals surface area contributed by atoms with Gasteiger partial charge < -0.3 is 5.32 Å². The molecule has 7 nitrogen and oxygen atoms in total. The molecule has 8 heteroatoms. The molecule has 162 valence electrons. The molecule has 1 aliphatic rings. The van der Waals surface area contributed by atoms with Crippen LogP contribution in [-0.2, 0) is 4.79 Å². The van der Waals surface area contributed by atoms with E-state index < -0.39 is 0 Å². The standard InChI is InChI=1S/C24H23N5O2S/c1-14-5-4-6-18(9-14)29-22-20(12-25-29)23(31)28-19(13-32-24(28)27-22)11-21(30)26-17-8-7-15(2)16(3)10-17/h4-10,12,19H,11,13H2,1-3H3,(H,26,30). The second-order valence-corrected chi connectivity index (χ2v) is 9.21. The van der Waals surface area contributed by atoms with E-state index in [1.54, 1.807) is 15.4 Å². The smallest absolute Gasteiger partial charge is 0.265 e. The summed E-state index contributed by atoms with van der Waals surface area (Å²) in [6, 6.07) is 13.5. The van der Waals surface area contributed by atoms with Crippen LogP contribution in [0.4, 0.5) is 5.69 Å². The minimum atomic E-state index is -0.242. The number of hydrogen-bond donors (Lipinski definition) is 1. The van der Waals surface area contributed by atoms with Crippen LogP contribution in [0.5, 0.6) is 0 Å². The highest BCUT2D eigenvalue weighted by Crippen LogP contribution is 2.33. The number of fused-ring (bicyclic) bond motifs is 2. The van der Waals surface area contributed by atoms with E-state index in [9.17, 15) is 9.59 Å². The summed E-state index contributed by atoms with van der Waals surface area (Å²) in [4.78, 5) is 30.7. The molecular weight excluding hydrogens is 422 g/mol. The number of hydrogen-bond acceptors (Lipinski definition) is 5. The Morgan fingerprint density at radius 2 is 2.00 bits per heavy atom. The van der Waals surface area contributed by atoms with Crippen molar-refractivity contribution in [1.82, 2.24) is 19.3 Å². The Morgan fingerprint density at radius 3 is 2.78 bits per heavy atom. The maximum atomic E-state index is 13.3. The van der Waals surface area contributed by atoms with Crippen LogP contribution < -0.4 is 10.9 Å². The Bertz CT molecular complexity index is 1420. The summed E-state index contributed by atoms with van der Waals surface area (Å²) in [7, 11) is 0. The van der Waals surface area contributed by atoms with E-state index in [-0.39, 0.29) is 23.9 Å². The van der Waals surface area contributed by atoms with Crippen molar-refractivity contribution in [1.29, 1.82) is 0 Å². The zero-order valence-electron chi connectivity index (χ0n) is 18.1. The minimum Gasteiger partial charge on any atom is -0.326 e. The van der Waals surface area contributed by atoms with E-state index in [0.717, 1.165) is 22.5 Å². The first-order valence-corrected chi connectivity index (χ1v) is 11.5. The zero-order chi connectivity index (χ0) is 22.4. The fourth-order valence-electron chi connectivity index (χ4n) is 3.97. The van der Waals surface area contributed by atoms with Crippen molar-refractivity contribution in [2.24, 2.45) is 0 Å². The second kappa shape index (κ2) is 7.94. The highest BCUT2D eigenvalue weighted by atomic mass is 32.2. The van der Waals surface area contributed by atoms with E-state index in [4.69, 9.17) is 4.98 Å². The molecule has 0 fully saturated rings. The van der Waals surface area contributed by atoms with Gasteiger partial charge in [0.1, 0.15) is 5.39 Å². The molecule has 3 heterocycles. The molecule has 32 heavy (non-hydrogen) atoms. The molecule has 0 aliphatic carbocycles. The predicted octanol–water partition coefficient (Wildman–Crippen LogP) is 4.18. The number of thioether (sulfide) groups is 1. The topological polar surface area (TPSA) is 81.8 Å². The van der Waals surface area contributed by atoms with Gasteiger partial charge in [-0.2, -0.15) is 5.10 Å². The summed E-state index contributed by atoms with van der Waals surface area (Å²) in [5.74, 6) is 0.515. The van der Waals surface area contributed by atoms with Gasteiger partial charge in [0.15, 0.2) is 10.8 Å². The van der Waals surface area contributed by atoms with Crippen LogP contribution in [0.15, 0.2) is 58.6 Å². The third-order valence-electron chi connectivity index (χ3n) is 5.83. The molecule has 0 bridgehead atoms. The van der Waals surface area contributed by atoms with Gasteiger partial charge >= 0.3 is 0 Å². The lowest BCUT2D eigenvalue weighted by Gasteiger charge is -2.14. The summed E-state index contributed by atoms with van der Waals surface area (Å²) in [6.45, 7) is 6.07. The lowest BCUT2D eigenvalue weighted by atomic mass is 10.1. The highest BCUT2D eigenvalue weighted by molar-refractivity contribution is 7.99. The molecule has 0 spiro atoms. The van der Waals surface area contributed by atoms with Crippen LogP contribution in [0.1, 0.15) is 29.2 Å². The van der Waals surface area contributed by atoms with Crippen molar-refractivity contribution in [2.45, 2.75) is 38.4 Å². The predicted molar refractivity (Wildman–Crippen MR) is 127 cm³/mol. The number of aromatic nitrogens is 4. The summed E-state index contributed by atoms with van der Waals surface area (Å²) in [5, 5.41) is 8.45.